The molecule has 0 heterocycles. The minimum Gasteiger partial charge on any atom is -0.497 e. The predicted molar refractivity (Wildman–Crippen MR) is 144 cm³/mol. The van der Waals surface area contributed by atoms with Crippen LogP contribution in [0.15, 0.2) is 108 Å². The first-order valence-electron chi connectivity index (χ1n) is 11.4. The van der Waals surface area contributed by atoms with E-state index in [0.717, 1.165) is 10.6 Å². The van der Waals surface area contributed by atoms with Crippen molar-refractivity contribution in [2.45, 2.75) is 17.1 Å². The van der Waals surface area contributed by atoms with Gasteiger partial charge in [-0.1, -0.05) is 30.3 Å². The Morgan fingerprint density at radius 1 is 0.722 bits per heavy atom. The molecule has 0 aliphatic carbocycles. The van der Waals surface area contributed by atoms with Gasteiger partial charge < -0.3 is 20.1 Å². The summed E-state index contributed by atoms with van der Waals surface area (Å²) in [5, 5.41) is 5.48. The van der Waals surface area contributed by atoms with E-state index in [0.29, 0.717) is 28.4 Å². The van der Waals surface area contributed by atoms with Gasteiger partial charge in [-0.3, -0.25) is 9.59 Å². The number of methoxy groups -OCH3 is 1. The summed E-state index contributed by atoms with van der Waals surface area (Å²) in [7, 11) is 1.56. The van der Waals surface area contributed by atoms with Crippen LogP contribution in [0.5, 0.6) is 17.2 Å². The molecule has 0 aliphatic rings. The van der Waals surface area contributed by atoms with Crippen molar-refractivity contribution in [3.63, 3.8) is 0 Å². The number of carbonyl (C=O) groups excluding carboxylic acids is 2. The Hall–Kier alpha value is -4.23. The van der Waals surface area contributed by atoms with Gasteiger partial charge >= 0.3 is 0 Å². The molecule has 0 saturated heterocycles. The number of amides is 2. The summed E-state index contributed by atoms with van der Waals surface area (Å²) >= 11 is 1.41. The fourth-order valence-electron chi connectivity index (χ4n) is 3.35. The lowest BCUT2D eigenvalue weighted by Crippen LogP contribution is -2.22. The molecular formula is C29H26N2O4S. The molecule has 0 fully saturated rings. The molecule has 1 unspecified atom stereocenters. The molecule has 36 heavy (non-hydrogen) atoms. The number of hydrogen-bond donors (Lipinski definition) is 2. The van der Waals surface area contributed by atoms with Gasteiger partial charge in [-0.05, 0) is 79.7 Å². The predicted octanol–water partition coefficient (Wildman–Crippen LogP) is 6.86. The van der Waals surface area contributed by atoms with Crippen LogP contribution in [0.25, 0.3) is 0 Å². The quantitative estimate of drug-likeness (QED) is 0.247. The van der Waals surface area contributed by atoms with Crippen molar-refractivity contribution in [2.24, 2.45) is 0 Å². The van der Waals surface area contributed by atoms with Crippen molar-refractivity contribution in [1.29, 1.82) is 0 Å². The van der Waals surface area contributed by atoms with E-state index in [1.54, 1.807) is 31.4 Å². The van der Waals surface area contributed by atoms with Crippen LogP contribution in [-0.4, -0.2) is 24.2 Å². The van der Waals surface area contributed by atoms with E-state index < -0.39 is 0 Å². The maximum atomic E-state index is 12.8. The molecule has 2 amide bonds. The number of para-hydroxylation sites is 1. The zero-order valence-corrected chi connectivity index (χ0v) is 20.8. The highest BCUT2D eigenvalue weighted by Crippen LogP contribution is 2.28. The summed E-state index contributed by atoms with van der Waals surface area (Å²) < 4.78 is 11.0. The van der Waals surface area contributed by atoms with Crippen LogP contribution in [-0.2, 0) is 4.79 Å². The average Bonchev–Trinajstić information content (AvgIpc) is 2.90. The molecule has 6 nitrogen and oxygen atoms in total. The maximum Gasteiger partial charge on any atom is 0.255 e. The molecule has 182 valence electrons. The molecule has 4 aromatic carbocycles. The van der Waals surface area contributed by atoms with Crippen LogP contribution in [0.2, 0.25) is 0 Å². The van der Waals surface area contributed by atoms with Crippen molar-refractivity contribution in [3.8, 4) is 17.2 Å². The second kappa shape index (κ2) is 12.0. The summed E-state index contributed by atoms with van der Waals surface area (Å²) in [5.41, 5.74) is 1.84. The molecule has 0 aliphatic heterocycles. The van der Waals surface area contributed by atoms with Crippen LogP contribution in [0.3, 0.4) is 0 Å². The highest BCUT2D eigenvalue weighted by atomic mass is 32.2. The summed E-state index contributed by atoms with van der Waals surface area (Å²) in [6.07, 6.45) is 0. The molecule has 0 saturated carbocycles. The number of hydrogen-bond acceptors (Lipinski definition) is 5. The molecule has 7 heteroatoms. The third kappa shape index (κ3) is 6.90. The lowest BCUT2D eigenvalue weighted by atomic mass is 10.2. The van der Waals surface area contributed by atoms with E-state index in [-0.39, 0.29) is 17.1 Å². The van der Waals surface area contributed by atoms with Gasteiger partial charge in [0.25, 0.3) is 5.91 Å². The normalized spacial score (nSPS) is 11.3. The Balaban J connectivity index is 1.32. The fraction of sp³-hybridized carbons (Fsp3) is 0.103. The van der Waals surface area contributed by atoms with Crippen LogP contribution in [0, 0.1) is 0 Å². The van der Waals surface area contributed by atoms with E-state index in [9.17, 15) is 9.59 Å². The second-order valence-corrected chi connectivity index (χ2v) is 9.32. The smallest absolute Gasteiger partial charge is 0.255 e. The van der Waals surface area contributed by atoms with E-state index in [2.05, 4.69) is 10.6 Å². The molecule has 0 aromatic heterocycles. The molecule has 0 bridgehead atoms. The van der Waals surface area contributed by atoms with Crippen LogP contribution in [0.4, 0.5) is 11.4 Å². The lowest BCUT2D eigenvalue weighted by molar-refractivity contribution is -0.115. The topological polar surface area (TPSA) is 76.7 Å². The Morgan fingerprint density at radius 2 is 1.42 bits per heavy atom. The number of ether oxygens (including phenoxy) is 2. The average molecular weight is 499 g/mol. The van der Waals surface area contributed by atoms with Crippen molar-refractivity contribution in [2.75, 3.05) is 17.7 Å². The summed E-state index contributed by atoms with van der Waals surface area (Å²) in [5.74, 6) is 1.70. The molecule has 0 spiro atoms. The molecule has 2 N–H and O–H groups in total. The number of carbonyl (C=O) groups is 2. The van der Waals surface area contributed by atoms with Gasteiger partial charge in [-0.25, -0.2) is 0 Å². The third-order valence-corrected chi connectivity index (χ3v) is 6.30. The van der Waals surface area contributed by atoms with E-state index in [1.807, 2.05) is 85.8 Å². The zero-order valence-electron chi connectivity index (χ0n) is 19.9. The van der Waals surface area contributed by atoms with Gasteiger partial charge in [0.1, 0.15) is 17.2 Å². The maximum absolute atomic E-state index is 12.8. The monoisotopic (exact) mass is 498 g/mol. The van der Waals surface area contributed by atoms with Gasteiger partial charge in [-0.15, -0.1) is 11.8 Å². The van der Waals surface area contributed by atoms with E-state index in [4.69, 9.17) is 9.47 Å². The number of anilines is 2. The number of benzene rings is 4. The number of nitrogens with one attached hydrogen (secondary N) is 2. The Labute approximate surface area is 214 Å². The zero-order chi connectivity index (χ0) is 25.3. The fourth-order valence-corrected chi connectivity index (χ4v) is 4.27. The lowest BCUT2D eigenvalue weighted by Gasteiger charge is -2.14. The van der Waals surface area contributed by atoms with Crippen molar-refractivity contribution >= 4 is 35.0 Å². The Bertz CT molecular complexity index is 1330. The van der Waals surface area contributed by atoms with Crippen LogP contribution < -0.4 is 20.1 Å². The molecule has 1 atom stereocenters. The van der Waals surface area contributed by atoms with Crippen molar-refractivity contribution in [3.05, 3.63) is 109 Å². The van der Waals surface area contributed by atoms with Crippen molar-refractivity contribution < 1.29 is 19.1 Å². The van der Waals surface area contributed by atoms with Crippen LogP contribution in [0.1, 0.15) is 17.3 Å². The van der Waals surface area contributed by atoms with Gasteiger partial charge in [0.05, 0.1) is 12.4 Å². The summed E-state index contributed by atoms with van der Waals surface area (Å²) in [4.78, 5) is 26.2. The summed E-state index contributed by atoms with van der Waals surface area (Å²) in [6, 6.07) is 31.1. The molecule has 4 aromatic rings. The summed E-state index contributed by atoms with van der Waals surface area (Å²) in [6.45, 7) is 1.84. The molecular weight excluding hydrogens is 472 g/mol. The van der Waals surface area contributed by atoms with E-state index in [1.165, 1.54) is 11.8 Å². The highest BCUT2D eigenvalue weighted by molar-refractivity contribution is 8.00. The Morgan fingerprint density at radius 3 is 2.17 bits per heavy atom. The van der Waals surface area contributed by atoms with Gasteiger partial charge in [-0.2, -0.15) is 0 Å². The minimum atomic E-state index is -0.352. The van der Waals surface area contributed by atoms with Crippen molar-refractivity contribution in [1.82, 2.24) is 0 Å². The largest absolute Gasteiger partial charge is 0.497 e. The first-order valence-corrected chi connectivity index (χ1v) is 12.2. The number of thioether (sulfide) groups is 1. The van der Waals surface area contributed by atoms with Gasteiger partial charge in [0, 0.05) is 21.8 Å². The third-order valence-electron chi connectivity index (χ3n) is 5.21. The molecule has 0 radical (unpaired) electrons. The highest BCUT2D eigenvalue weighted by Gasteiger charge is 2.15. The van der Waals surface area contributed by atoms with Gasteiger partial charge in [0.2, 0.25) is 5.91 Å². The van der Waals surface area contributed by atoms with Gasteiger partial charge in [0.15, 0.2) is 0 Å². The second-order valence-electron chi connectivity index (χ2n) is 7.90. The number of rotatable bonds is 9. The Kier molecular flexibility index (Phi) is 8.26. The minimum absolute atomic E-state index is 0.123. The first kappa shape index (κ1) is 24.9. The first-order chi connectivity index (χ1) is 17.5. The SMILES string of the molecule is COc1cccc(C(=O)Nc2cccc(SC(C)C(=O)Nc3ccc(Oc4ccccc4)cc3)c2)c1. The standard InChI is InChI=1S/C29H26N2O4S/c1-20(28(32)30-22-14-16-25(17-15-22)35-24-10-4-3-5-11-24)36-27-13-7-9-23(19-27)31-29(33)21-8-6-12-26(18-21)34-2/h3-20H,1-2H3,(H,30,32)(H,31,33). The van der Waals surface area contributed by atoms with Crippen LogP contribution >= 0.6 is 11.8 Å². The molecule has 4 rings (SSSR count). The van der Waals surface area contributed by atoms with E-state index >= 15 is 0 Å².